The van der Waals surface area contributed by atoms with Crippen LogP contribution >= 0.6 is 0 Å². The maximum absolute atomic E-state index is 11.9. The predicted octanol–water partition coefficient (Wildman–Crippen LogP) is 1.54. The molecule has 4 atom stereocenters. The lowest BCUT2D eigenvalue weighted by Gasteiger charge is -2.27. The number of aliphatic hydroxyl groups excluding tert-OH is 1. The molecule has 0 unspecified atom stereocenters. The van der Waals surface area contributed by atoms with Crippen molar-refractivity contribution in [2.24, 2.45) is 0 Å². The monoisotopic (exact) mass is 361 g/mol. The Morgan fingerprint density at radius 2 is 1.84 bits per heavy atom. The van der Waals surface area contributed by atoms with Crippen LogP contribution in [0.1, 0.15) is 48.5 Å². The van der Waals surface area contributed by atoms with Crippen LogP contribution in [0, 0.1) is 0 Å². The summed E-state index contributed by atoms with van der Waals surface area (Å²) in [6.07, 6.45) is -3.22. The molecule has 8 nitrogen and oxygen atoms in total. The van der Waals surface area contributed by atoms with Gasteiger partial charge in [-0.25, -0.2) is 4.79 Å². The van der Waals surface area contributed by atoms with Crippen molar-refractivity contribution in [3.8, 4) is 0 Å². The molecule has 2 rings (SSSR count). The Kier molecular flexibility index (Phi) is 5.71. The molecule has 2 saturated heterocycles. The summed E-state index contributed by atoms with van der Waals surface area (Å²) in [5.41, 5.74) is -0.587. The second-order valence-electron chi connectivity index (χ2n) is 8.38. The molecule has 1 amide bonds. The number of hydrogen-bond donors (Lipinski definition) is 2. The number of aliphatic hydroxyl groups is 1. The van der Waals surface area contributed by atoms with Crippen LogP contribution in [0.4, 0.5) is 4.79 Å². The first kappa shape index (κ1) is 20.4. The molecule has 8 heteroatoms. The average Bonchev–Trinajstić information content (AvgIpc) is 2.93. The zero-order valence-electron chi connectivity index (χ0n) is 16.1. The van der Waals surface area contributed by atoms with E-state index in [1.54, 1.807) is 48.5 Å². The van der Waals surface area contributed by atoms with E-state index in [0.29, 0.717) is 0 Å². The van der Waals surface area contributed by atoms with Gasteiger partial charge in [0.2, 0.25) is 0 Å². The summed E-state index contributed by atoms with van der Waals surface area (Å²) in [6.45, 7) is 12.9. The summed E-state index contributed by atoms with van der Waals surface area (Å²) in [7, 11) is 0. The van der Waals surface area contributed by atoms with Crippen molar-refractivity contribution >= 4 is 6.09 Å². The number of nitrogens with one attached hydrogen (secondary N) is 1. The highest BCUT2D eigenvalue weighted by Gasteiger charge is 2.49. The minimum absolute atomic E-state index is 0.150. The van der Waals surface area contributed by atoms with Crippen LogP contribution < -0.4 is 5.32 Å². The van der Waals surface area contributed by atoms with Gasteiger partial charge in [0, 0.05) is 6.54 Å². The van der Waals surface area contributed by atoms with Gasteiger partial charge in [-0.3, -0.25) is 0 Å². The molecule has 0 spiro atoms. The Labute approximate surface area is 149 Å². The summed E-state index contributed by atoms with van der Waals surface area (Å²) >= 11 is 0. The Bertz CT molecular complexity index is 486. The van der Waals surface area contributed by atoms with Gasteiger partial charge in [-0.2, -0.15) is 0 Å². The quantitative estimate of drug-likeness (QED) is 0.784. The fourth-order valence-electron chi connectivity index (χ4n) is 2.90. The van der Waals surface area contributed by atoms with Gasteiger partial charge in [0.05, 0.1) is 6.61 Å². The molecule has 146 valence electrons. The van der Waals surface area contributed by atoms with Gasteiger partial charge < -0.3 is 34.1 Å². The lowest BCUT2D eigenvalue weighted by atomic mass is 10.0. The summed E-state index contributed by atoms with van der Waals surface area (Å²) in [5.74, 6) is -1.62. The smallest absolute Gasteiger partial charge is 0.407 e. The zero-order chi connectivity index (χ0) is 19.0. The minimum atomic E-state index is -0.950. The van der Waals surface area contributed by atoms with Gasteiger partial charge in [-0.05, 0) is 48.5 Å². The highest BCUT2D eigenvalue weighted by Crippen LogP contribution is 2.34. The van der Waals surface area contributed by atoms with Crippen LogP contribution in [0.25, 0.3) is 0 Å². The number of alkyl carbamates (subject to hydrolysis) is 1. The lowest BCUT2D eigenvalue weighted by Crippen LogP contribution is -2.48. The molecule has 25 heavy (non-hydrogen) atoms. The van der Waals surface area contributed by atoms with E-state index >= 15 is 0 Å². The fraction of sp³-hybridized carbons (Fsp3) is 0.941. The third-order valence-electron chi connectivity index (χ3n) is 3.82. The lowest BCUT2D eigenvalue weighted by molar-refractivity contribution is -0.178. The molecular formula is C17H31NO7. The third-order valence-corrected chi connectivity index (χ3v) is 3.82. The van der Waals surface area contributed by atoms with Crippen LogP contribution in [0.5, 0.6) is 0 Å². The molecule has 0 aromatic rings. The number of ether oxygens (including phenoxy) is 5. The highest BCUT2D eigenvalue weighted by molar-refractivity contribution is 5.67. The molecule has 2 fully saturated rings. The Morgan fingerprint density at radius 1 is 1.20 bits per heavy atom. The van der Waals surface area contributed by atoms with E-state index in [2.05, 4.69) is 5.32 Å². The Morgan fingerprint density at radius 3 is 2.36 bits per heavy atom. The maximum atomic E-state index is 11.9. The Balaban J connectivity index is 1.97. The second-order valence-corrected chi connectivity index (χ2v) is 8.38. The van der Waals surface area contributed by atoms with Crippen molar-refractivity contribution in [1.82, 2.24) is 5.32 Å². The molecular weight excluding hydrogens is 330 g/mol. The second kappa shape index (κ2) is 7.00. The standard InChI is InChI=1S/C17H31NO7/c1-15(2,3)25-14(20)18-8-10-13(24-17(6,7)22-10)12(19)11-9-21-16(4,5)23-11/h10-13,19H,8-9H2,1-7H3,(H,18,20)/t10-,11+,12+,13+/m0/s1. The van der Waals surface area contributed by atoms with Crippen molar-refractivity contribution in [2.45, 2.75) is 90.1 Å². The van der Waals surface area contributed by atoms with Gasteiger partial charge in [0.15, 0.2) is 11.6 Å². The first-order chi connectivity index (χ1) is 11.3. The van der Waals surface area contributed by atoms with E-state index in [0.717, 1.165) is 0 Å². The van der Waals surface area contributed by atoms with Gasteiger partial charge >= 0.3 is 6.09 Å². The van der Waals surface area contributed by atoms with Crippen molar-refractivity contribution in [1.29, 1.82) is 0 Å². The minimum Gasteiger partial charge on any atom is -0.444 e. The summed E-state index contributed by atoms with van der Waals surface area (Å²) in [5, 5.41) is 13.3. The first-order valence-corrected chi connectivity index (χ1v) is 8.60. The van der Waals surface area contributed by atoms with Gasteiger partial charge in [0.1, 0.15) is 30.0 Å². The fourth-order valence-corrected chi connectivity index (χ4v) is 2.90. The van der Waals surface area contributed by atoms with Crippen molar-refractivity contribution in [3.05, 3.63) is 0 Å². The predicted molar refractivity (Wildman–Crippen MR) is 89.0 cm³/mol. The molecule has 0 aliphatic carbocycles. The van der Waals surface area contributed by atoms with E-state index < -0.39 is 47.7 Å². The molecule has 0 aromatic heterocycles. The number of amides is 1. The van der Waals surface area contributed by atoms with E-state index in [1.807, 2.05) is 0 Å². The van der Waals surface area contributed by atoms with Crippen LogP contribution in [0.15, 0.2) is 0 Å². The highest BCUT2D eigenvalue weighted by atomic mass is 16.8. The van der Waals surface area contributed by atoms with Crippen LogP contribution in [-0.2, 0) is 23.7 Å². The Hall–Kier alpha value is -0.930. The largest absolute Gasteiger partial charge is 0.444 e. The first-order valence-electron chi connectivity index (χ1n) is 8.60. The molecule has 0 radical (unpaired) electrons. The number of carbonyl (C=O) groups is 1. The SMILES string of the molecule is CC(C)(C)OC(=O)NC[C@@H]1OC(C)(C)O[C@H]1[C@H](O)[C@H]1COC(C)(C)O1. The van der Waals surface area contributed by atoms with Crippen LogP contribution in [0.3, 0.4) is 0 Å². The van der Waals surface area contributed by atoms with Gasteiger partial charge in [-0.15, -0.1) is 0 Å². The van der Waals surface area contributed by atoms with E-state index in [-0.39, 0.29) is 13.2 Å². The van der Waals surface area contributed by atoms with Crippen molar-refractivity contribution in [3.63, 3.8) is 0 Å². The molecule has 0 aromatic carbocycles. The van der Waals surface area contributed by atoms with Crippen molar-refractivity contribution in [2.75, 3.05) is 13.2 Å². The summed E-state index contributed by atoms with van der Waals surface area (Å²) < 4.78 is 28.1. The van der Waals surface area contributed by atoms with Crippen LogP contribution in [0.2, 0.25) is 0 Å². The van der Waals surface area contributed by atoms with Crippen molar-refractivity contribution < 1.29 is 33.6 Å². The molecule has 2 N–H and O–H groups in total. The summed E-state index contributed by atoms with van der Waals surface area (Å²) in [6, 6.07) is 0. The van der Waals surface area contributed by atoms with E-state index in [1.165, 1.54) is 0 Å². The number of rotatable bonds is 4. The summed E-state index contributed by atoms with van der Waals surface area (Å²) in [4.78, 5) is 11.9. The molecule has 2 aliphatic heterocycles. The normalized spacial score (nSPS) is 32.4. The number of hydrogen-bond acceptors (Lipinski definition) is 7. The maximum Gasteiger partial charge on any atom is 0.407 e. The third kappa shape index (κ3) is 5.79. The average molecular weight is 361 g/mol. The molecule has 0 saturated carbocycles. The van der Waals surface area contributed by atoms with Gasteiger partial charge in [0.25, 0.3) is 0 Å². The van der Waals surface area contributed by atoms with E-state index in [9.17, 15) is 9.90 Å². The van der Waals surface area contributed by atoms with Gasteiger partial charge in [-0.1, -0.05) is 0 Å². The van der Waals surface area contributed by atoms with E-state index in [4.69, 9.17) is 23.7 Å². The topological polar surface area (TPSA) is 95.5 Å². The molecule has 2 aliphatic rings. The molecule has 2 heterocycles. The molecule has 0 bridgehead atoms. The zero-order valence-corrected chi connectivity index (χ0v) is 16.1. The number of carbonyl (C=O) groups excluding carboxylic acids is 1. The van der Waals surface area contributed by atoms with Crippen LogP contribution in [-0.4, -0.2) is 65.9 Å².